The third kappa shape index (κ3) is 2.50. The molecule has 0 fully saturated rings. The van der Waals surface area contributed by atoms with Gasteiger partial charge in [0.2, 0.25) is 0 Å². The normalized spacial score (nSPS) is 13.9. The molecule has 1 unspecified atom stereocenters. The predicted molar refractivity (Wildman–Crippen MR) is 73.9 cm³/mol. The molecule has 3 heteroatoms. The van der Waals surface area contributed by atoms with Crippen LogP contribution in [0.5, 0.6) is 0 Å². The van der Waals surface area contributed by atoms with E-state index in [2.05, 4.69) is 20.9 Å². The molecule has 1 aromatic heterocycles. The Bertz CT molecular complexity index is 545. The van der Waals surface area contributed by atoms with E-state index in [-0.39, 0.29) is 5.41 Å². The smallest absolute Gasteiger partial charge is 0.102 e. The van der Waals surface area contributed by atoms with Gasteiger partial charge < -0.3 is 5.11 Å². The summed E-state index contributed by atoms with van der Waals surface area (Å²) in [6, 6.07) is 9.92. The van der Waals surface area contributed by atoms with Gasteiger partial charge in [0.1, 0.15) is 6.10 Å². The molecular formula is C14H16BrNO. The van der Waals surface area contributed by atoms with Crippen LogP contribution in [0.3, 0.4) is 0 Å². The van der Waals surface area contributed by atoms with Gasteiger partial charge in [-0.15, -0.1) is 0 Å². The Morgan fingerprint density at radius 1 is 1.24 bits per heavy atom. The van der Waals surface area contributed by atoms with Crippen molar-refractivity contribution >= 4 is 26.8 Å². The molecule has 1 atom stereocenters. The molecule has 2 rings (SSSR count). The number of aliphatic hydroxyl groups excluding tert-OH is 1. The van der Waals surface area contributed by atoms with Gasteiger partial charge in [-0.25, -0.2) is 4.98 Å². The van der Waals surface area contributed by atoms with E-state index in [9.17, 15) is 5.11 Å². The van der Waals surface area contributed by atoms with Gasteiger partial charge in [0.15, 0.2) is 0 Å². The summed E-state index contributed by atoms with van der Waals surface area (Å²) in [6.07, 6.45) is -0.582. The van der Waals surface area contributed by atoms with Gasteiger partial charge in [0.05, 0.1) is 11.2 Å². The van der Waals surface area contributed by atoms with Gasteiger partial charge in [-0.1, -0.05) is 39.0 Å². The molecule has 0 aliphatic carbocycles. The number of rotatable bonds is 1. The summed E-state index contributed by atoms with van der Waals surface area (Å²) in [4.78, 5) is 4.54. The predicted octanol–water partition coefficient (Wildman–Crippen LogP) is 4.08. The molecule has 0 aliphatic heterocycles. The van der Waals surface area contributed by atoms with Gasteiger partial charge in [-0.3, -0.25) is 0 Å². The largest absolute Gasteiger partial charge is 0.386 e. The summed E-state index contributed by atoms with van der Waals surface area (Å²) < 4.78 is 0.860. The van der Waals surface area contributed by atoms with Gasteiger partial charge in [0, 0.05) is 9.86 Å². The quantitative estimate of drug-likeness (QED) is 0.859. The summed E-state index contributed by atoms with van der Waals surface area (Å²) in [5.41, 5.74) is 1.39. The highest BCUT2D eigenvalue weighted by molar-refractivity contribution is 9.10. The minimum absolute atomic E-state index is 0.224. The number of nitrogens with zero attached hydrogens (tertiary/aromatic N) is 1. The van der Waals surface area contributed by atoms with E-state index >= 15 is 0 Å². The first-order chi connectivity index (χ1) is 7.89. The number of para-hydroxylation sites is 1. The average molecular weight is 294 g/mol. The van der Waals surface area contributed by atoms with E-state index in [0.717, 1.165) is 15.4 Å². The fourth-order valence-electron chi connectivity index (χ4n) is 1.71. The van der Waals surface area contributed by atoms with E-state index in [4.69, 9.17) is 0 Å². The van der Waals surface area contributed by atoms with Crippen molar-refractivity contribution in [2.75, 3.05) is 0 Å². The van der Waals surface area contributed by atoms with Crippen molar-refractivity contribution in [2.45, 2.75) is 26.9 Å². The molecule has 17 heavy (non-hydrogen) atoms. The molecule has 1 aromatic carbocycles. The lowest BCUT2D eigenvalue weighted by molar-refractivity contribution is 0.0585. The topological polar surface area (TPSA) is 33.1 Å². The Morgan fingerprint density at radius 2 is 1.88 bits per heavy atom. The zero-order valence-electron chi connectivity index (χ0n) is 10.2. The van der Waals surface area contributed by atoms with Crippen molar-refractivity contribution in [1.82, 2.24) is 4.98 Å². The third-order valence-corrected chi connectivity index (χ3v) is 3.42. The molecule has 1 N–H and O–H groups in total. The zero-order valence-corrected chi connectivity index (χ0v) is 11.8. The van der Waals surface area contributed by atoms with E-state index in [1.807, 2.05) is 51.1 Å². The lowest BCUT2D eigenvalue weighted by atomic mass is 9.87. The van der Waals surface area contributed by atoms with Gasteiger partial charge in [-0.05, 0) is 33.5 Å². The second kappa shape index (κ2) is 4.39. The minimum atomic E-state index is -0.582. The summed E-state index contributed by atoms with van der Waals surface area (Å²) in [6.45, 7) is 6.00. The number of aliphatic hydroxyl groups is 1. The molecule has 0 amide bonds. The Labute approximate surface area is 110 Å². The molecule has 90 valence electrons. The zero-order chi connectivity index (χ0) is 12.6. The molecule has 0 bridgehead atoms. The highest BCUT2D eigenvalue weighted by atomic mass is 79.9. The van der Waals surface area contributed by atoms with Crippen LogP contribution in [0.2, 0.25) is 0 Å². The summed E-state index contributed by atoms with van der Waals surface area (Å²) in [7, 11) is 0. The molecule has 0 aliphatic rings. The fourth-order valence-corrected chi connectivity index (χ4v) is 2.26. The van der Waals surface area contributed by atoms with Crippen LogP contribution in [-0.4, -0.2) is 10.1 Å². The second-order valence-electron chi connectivity index (χ2n) is 5.32. The Morgan fingerprint density at radius 3 is 2.53 bits per heavy atom. The maximum atomic E-state index is 10.3. The third-order valence-electron chi connectivity index (χ3n) is 2.78. The first-order valence-electron chi connectivity index (χ1n) is 5.63. The minimum Gasteiger partial charge on any atom is -0.386 e. The number of hydrogen-bond acceptors (Lipinski definition) is 2. The van der Waals surface area contributed by atoms with Crippen LogP contribution in [0.15, 0.2) is 34.8 Å². The van der Waals surface area contributed by atoms with Crippen LogP contribution in [0, 0.1) is 5.41 Å². The Hall–Kier alpha value is -0.930. The molecule has 0 spiro atoms. The number of hydrogen-bond donors (Lipinski definition) is 1. The van der Waals surface area contributed by atoms with Gasteiger partial charge in [0.25, 0.3) is 0 Å². The monoisotopic (exact) mass is 293 g/mol. The van der Waals surface area contributed by atoms with Crippen LogP contribution in [-0.2, 0) is 0 Å². The molecule has 2 nitrogen and oxygen atoms in total. The van der Waals surface area contributed by atoms with Crippen molar-refractivity contribution in [3.05, 3.63) is 40.5 Å². The maximum absolute atomic E-state index is 10.3. The molecular weight excluding hydrogens is 278 g/mol. The maximum Gasteiger partial charge on any atom is 0.102 e. The first-order valence-corrected chi connectivity index (χ1v) is 6.42. The van der Waals surface area contributed by atoms with Crippen LogP contribution >= 0.6 is 15.9 Å². The molecule has 0 radical (unpaired) electrons. The number of fused-ring (bicyclic) bond motifs is 1. The Kier molecular flexibility index (Phi) is 3.23. The van der Waals surface area contributed by atoms with Crippen LogP contribution < -0.4 is 0 Å². The second-order valence-corrected chi connectivity index (χ2v) is 6.17. The molecule has 1 heterocycles. The summed E-state index contributed by atoms with van der Waals surface area (Å²) >= 11 is 3.49. The molecule has 0 saturated heterocycles. The average Bonchev–Trinajstić information content (AvgIpc) is 2.26. The van der Waals surface area contributed by atoms with Gasteiger partial charge in [-0.2, -0.15) is 0 Å². The number of benzene rings is 1. The van der Waals surface area contributed by atoms with E-state index in [1.165, 1.54) is 0 Å². The highest BCUT2D eigenvalue weighted by Gasteiger charge is 2.27. The van der Waals surface area contributed by atoms with Gasteiger partial charge >= 0.3 is 0 Å². The SMILES string of the molecule is CC(C)(C)C(O)c1nc2ccccc2cc1Br. The van der Waals surface area contributed by atoms with Crippen molar-refractivity contribution in [1.29, 1.82) is 0 Å². The van der Waals surface area contributed by atoms with E-state index in [0.29, 0.717) is 5.69 Å². The van der Waals surface area contributed by atoms with Crippen molar-refractivity contribution in [3.8, 4) is 0 Å². The van der Waals surface area contributed by atoms with Crippen LogP contribution in [0.25, 0.3) is 10.9 Å². The van der Waals surface area contributed by atoms with Crippen LogP contribution in [0.4, 0.5) is 0 Å². The highest BCUT2D eigenvalue weighted by Crippen LogP contribution is 2.36. The standard InChI is InChI=1S/C14H16BrNO/c1-14(2,3)13(17)12-10(15)8-9-6-4-5-7-11(9)16-12/h4-8,13,17H,1-3H3. The molecule has 2 aromatic rings. The Balaban J connectivity index is 2.58. The summed E-state index contributed by atoms with van der Waals surface area (Å²) in [5, 5.41) is 11.4. The number of aromatic nitrogens is 1. The summed E-state index contributed by atoms with van der Waals surface area (Å²) in [5.74, 6) is 0. The molecule has 0 saturated carbocycles. The lowest BCUT2D eigenvalue weighted by Crippen LogP contribution is -2.19. The van der Waals surface area contributed by atoms with Crippen molar-refractivity contribution in [2.24, 2.45) is 5.41 Å². The van der Waals surface area contributed by atoms with Crippen molar-refractivity contribution < 1.29 is 5.11 Å². The number of halogens is 1. The first kappa shape index (κ1) is 12.5. The fraction of sp³-hybridized carbons (Fsp3) is 0.357. The number of pyridine rings is 1. The van der Waals surface area contributed by atoms with E-state index in [1.54, 1.807) is 0 Å². The van der Waals surface area contributed by atoms with Crippen LogP contribution in [0.1, 0.15) is 32.6 Å². The van der Waals surface area contributed by atoms with Crippen molar-refractivity contribution in [3.63, 3.8) is 0 Å². The lowest BCUT2D eigenvalue weighted by Gasteiger charge is -2.26. The van der Waals surface area contributed by atoms with E-state index < -0.39 is 6.10 Å².